The molecule has 8 nitrogen and oxygen atoms in total. The number of carbonyl (C=O) groups is 4. The Bertz CT molecular complexity index is 701. The molecule has 1 aliphatic heterocycles. The Morgan fingerprint density at radius 1 is 1.15 bits per heavy atom. The summed E-state index contributed by atoms with van der Waals surface area (Å²) in [5.74, 6) is -0.705. The third-order valence-corrected chi connectivity index (χ3v) is 4.96. The second-order valence-electron chi connectivity index (χ2n) is 8.08. The summed E-state index contributed by atoms with van der Waals surface area (Å²) in [7, 11) is 0. The molecule has 0 spiro atoms. The zero-order valence-corrected chi connectivity index (χ0v) is 16.1. The number of likely N-dealkylation sites (tertiary alicyclic amines) is 1. The molecule has 0 saturated carbocycles. The van der Waals surface area contributed by atoms with Gasteiger partial charge >= 0.3 is 0 Å². The van der Waals surface area contributed by atoms with Crippen LogP contribution in [0.1, 0.15) is 72.1 Å². The Morgan fingerprint density at radius 2 is 1.74 bits per heavy atom. The molecular weight excluding hydrogens is 348 g/mol. The predicted octanol–water partition coefficient (Wildman–Crippen LogP) is 1.95. The lowest BCUT2D eigenvalue weighted by molar-refractivity contribution is -0.149. The number of hydrogen-bond acceptors (Lipinski definition) is 6. The van der Waals surface area contributed by atoms with Gasteiger partial charge < -0.3 is 0 Å². The van der Waals surface area contributed by atoms with Gasteiger partial charge in [-0.1, -0.05) is 13.8 Å². The van der Waals surface area contributed by atoms with E-state index in [1.807, 2.05) is 20.0 Å². The second kappa shape index (κ2) is 9.27. The molecule has 146 valence electrons. The Kier molecular flexibility index (Phi) is 7.66. The molecule has 0 aromatic rings. The zero-order chi connectivity index (χ0) is 20.7. The number of nitrogens with one attached hydrogen (secondary N) is 1. The molecule has 27 heavy (non-hydrogen) atoms. The van der Waals surface area contributed by atoms with E-state index >= 15 is 0 Å². The first-order chi connectivity index (χ1) is 12.5. The van der Waals surface area contributed by atoms with E-state index in [0.29, 0.717) is 12.8 Å². The van der Waals surface area contributed by atoms with Crippen LogP contribution < -0.4 is 5.32 Å². The summed E-state index contributed by atoms with van der Waals surface area (Å²) in [5, 5.41) is 19.4. The Labute approximate surface area is 159 Å². The predicted molar refractivity (Wildman–Crippen MR) is 95.4 cm³/mol. The van der Waals surface area contributed by atoms with E-state index in [1.165, 1.54) is 0 Å². The van der Waals surface area contributed by atoms with Crippen LogP contribution in [0.25, 0.3) is 0 Å². The maximum atomic E-state index is 12.0. The molecular formula is C19H26N4O4. The van der Waals surface area contributed by atoms with Crippen LogP contribution in [-0.2, 0) is 19.2 Å². The quantitative estimate of drug-likeness (QED) is 0.334. The molecule has 2 amide bonds. The van der Waals surface area contributed by atoms with E-state index in [2.05, 4.69) is 5.32 Å². The fourth-order valence-electron chi connectivity index (χ4n) is 3.12. The standard InChI is InChI=1S/C19H26N4O4/c1-18(2,10-16(26)22-12-20)8-6-14(24)4-5-15(25)7-9-19(3)11-17(27)23(19)13-21/h4-11H2,1-3H3,(H,22,26). The minimum Gasteiger partial charge on any atom is -0.300 e. The molecule has 0 aromatic heterocycles. The van der Waals surface area contributed by atoms with Crippen molar-refractivity contribution in [3.8, 4) is 12.4 Å². The maximum absolute atomic E-state index is 12.0. The highest BCUT2D eigenvalue weighted by molar-refractivity contribution is 5.88. The van der Waals surface area contributed by atoms with Crippen molar-refractivity contribution in [3.05, 3.63) is 0 Å². The van der Waals surface area contributed by atoms with Gasteiger partial charge in [-0.25, -0.2) is 4.90 Å². The summed E-state index contributed by atoms with van der Waals surface area (Å²) in [6.07, 6.45) is 5.55. The third-order valence-electron chi connectivity index (χ3n) is 4.96. The zero-order valence-electron chi connectivity index (χ0n) is 16.1. The van der Waals surface area contributed by atoms with Gasteiger partial charge in [0.25, 0.3) is 0 Å². The highest BCUT2D eigenvalue weighted by Crippen LogP contribution is 2.35. The molecule has 1 atom stereocenters. The van der Waals surface area contributed by atoms with E-state index in [9.17, 15) is 19.2 Å². The van der Waals surface area contributed by atoms with Crippen molar-refractivity contribution < 1.29 is 19.2 Å². The van der Waals surface area contributed by atoms with Crippen molar-refractivity contribution in [1.29, 1.82) is 10.5 Å². The summed E-state index contributed by atoms with van der Waals surface area (Å²) in [6, 6.07) is 0. The monoisotopic (exact) mass is 374 g/mol. The number of nitriles is 2. The van der Waals surface area contributed by atoms with Gasteiger partial charge in [0.1, 0.15) is 11.6 Å². The fraction of sp³-hybridized carbons (Fsp3) is 0.684. The van der Waals surface area contributed by atoms with Crippen LogP contribution in [0.15, 0.2) is 0 Å². The van der Waals surface area contributed by atoms with E-state index in [1.54, 1.807) is 13.1 Å². The van der Waals surface area contributed by atoms with Crippen LogP contribution >= 0.6 is 0 Å². The number of β-lactam (4-membered cyclic amide) rings is 1. The van der Waals surface area contributed by atoms with Gasteiger partial charge in [-0.05, 0) is 25.2 Å². The first-order valence-electron chi connectivity index (χ1n) is 8.97. The van der Waals surface area contributed by atoms with E-state index in [-0.39, 0.29) is 61.9 Å². The summed E-state index contributed by atoms with van der Waals surface area (Å²) in [5.41, 5.74) is -0.994. The number of amides is 2. The smallest absolute Gasteiger partial charge is 0.238 e. The molecule has 0 bridgehead atoms. The normalized spacial score (nSPS) is 18.9. The van der Waals surface area contributed by atoms with Crippen LogP contribution in [0.5, 0.6) is 0 Å². The van der Waals surface area contributed by atoms with Crippen molar-refractivity contribution in [1.82, 2.24) is 10.2 Å². The molecule has 1 saturated heterocycles. The first kappa shape index (κ1) is 22.3. The van der Waals surface area contributed by atoms with Gasteiger partial charge in [-0.2, -0.15) is 10.5 Å². The third kappa shape index (κ3) is 6.82. The average Bonchev–Trinajstić information content (AvgIpc) is 2.56. The number of Topliss-reactive ketones (excluding diaryl/α,β-unsaturated/α-hetero) is 2. The lowest BCUT2D eigenvalue weighted by Crippen LogP contribution is -2.59. The van der Waals surface area contributed by atoms with Crippen LogP contribution in [-0.4, -0.2) is 33.8 Å². The highest BCUT2D eigenvalue weighted by atomic mass is 16.2. The molecule has 1 rings (SSSR count). The Morgan fingerprint density at radius 3 is 2.26 bits per heavy atom. The van der Waals surface area contributed by atoms with E-state index in [0.717, 1.165) is 4.90 Å². The maximum Gasteiger partial charge on any atom is 0.238 e. The summed E-state index contributed by atoms with van der Waals surface area (Å²) in [6.45, 7) is 5.48. The van der Waals surface area contributed by atoms with Crippen molar-refractivity contribution >= 4 is 23.4 Å². The lowest BCUT2D eigenvalue weighted by Gasteiger charge is -2.44. The molecule has 0 radical (unpaired) electrons. The van der Waals surface area contributed by atoms with Crippen LogP contribution in [0.3, 0.4) is 0 Å². The van der Waals surface area contributed by atoms with Crippen molar-refractivity contribution in [2.45, 2.75) is 77.7 Å². The molecule has 1 aliphatic rings. The minimum atomic E-state index is -0.584. The summed E-state index contributed by atoms with van der Waals surface area (Å²) >= 11 is 0. The molecule has 0 aliphatic carbocycles. The van der Waals surface area contributed by atoms with Crippen molar-refractivity contribution in [2.24, 2.45) is 5.41 Å². The Balaban J connectivity index is 2.29. The summed E-state index contributed by atoms with van der Waals surface area (Å²) in [4.78, 5) is 47.9. The van der Waals surface area contributed by atoms with Gasteiger partial charge in [0, 0.05) is 32.1 Å². The van der Waals surface area contributed by atoms with Crippen LogP contribution in [0.2, 0.25) is 0 Å². The number of nitrogens with zero attached hydrogens (tertiary/aromatic N) is 3. The molecule has 1 fully saturated rings. The number of ketones is 2. The van der Waals surface area contributed by atoms with E-state index < -0.39 is 11.0 Å². The molecule has 1 N–H and O–H groups in total. The van der Waals surface area contributed by atoms with Gasteiger partial charge in [-0.3, -0.25) is 24.5 Å². The first-order valence-corrected chi connectivity index (χ1v) is 8.97. The van der Waals surface area contributed by atoms with Crippen LogP contribution in [0, 0.1) is 28.3 Å². The fourth-order valence-corrected chi connectivity index (χ4v) is 3.12. The topological polar surface area (TPSA) is 131 Å². The minimum absolute atomic E-state index is 0.0409. The van der Waals surface area contributed by atoms with Gasteiger partial charge in [0.2, 0.25) is 11.8 Å². The lowest BCUT2D eigenvalue weighted by atomic mass is 9.81. The SMILES string of the molecule is CC(C)(CCC(=O)CCC(=O)CCC1(C)CC(=O)N1C#N)CC(=O)NC#N. The second-order valence-corrected chi connectivity index (χ2v) is 8.08. The largest absolute Gasteiger partial charge is 0.300 e. The number of carbonyl (C=O) groups excluding carboxylic acids is 4. The van der Waals surface area contributed by atoms with E-state index in [4.69, 9.17) is 10.5 Å². The molecule has 0 aromatic carbocycles. The van der Waals surface area contributed by atoms with Gasteiger partial charge in [0.15, 0.2) is 12.4 Å². The highest BCUT2D eigenvalue weighted by Gasteiger charge is 2.47. The van der Waals surface area contributed by atoms with Gasteiger partial charge in [-0.15, -0.1) is 0 Å². The Hall–Kier alpha value is -2.74. The van der Waals surface area contributed by atoms with Gasteiger partial charge in [0.05, 0.1) is 12.0 Å². The number of hydrogen-bond donors (Lipinski definition) is 1. The van der Waals surface area contributed by atoms with Crippen LogP contribution in [0.4, 0.5) is 0 Å². The van der Waals surface area contributed by atoms with Crippen molar-refractivity contribution in [3.63, 3.8) is 0 Å². The molecule has 1 heterocycles. The average molecular weight is 374 g/mol. The molecule has 1 unspecified atom stereocenters. The molecule has 8 heteroatoms. The number of rotatable bonds is 11. The summed E-state index contributed by atoms with van der Waals surface area (Å²) < 4.78 is 0. The van der Waals surface area contributed by atoms with Crippen molar-refractivity contribution in [2.75, 3.05) is 0 Å².